The molecule has 2 aliphatic heterocycles. The summed E-state index contributed by atoms with van der Waals surface area (Å²) in [4.78, 5) is 13.3. The maximum atomic E-state index is 11.0. The molecule has 2 saturated heterocycles. The summed E-state index contributed by atoms with van der Waals surface area (Å²) < 4.78 is 5.28. The molecule has 4 nitrogen and oxygen atoms in total. The third-order valence-corrected chi connectivity index (χ3v) is 3.16. The Morgan fingerprint density at radius 3 is 3.00 bits per heavy atom. The topological polar surface area (TPSA) is 41.6 Å². The number of amides is 1. The van der Waals surface area contributed by atoms with Crippen molar-refractivity contribution in [1.29, 1.82) is 0 Å². The SMILES string of the molecule is CN1CCC(CC2(C)CNC(=O)O2)C1. The Morgan fingerprint density at radius 1 is 1.71 bits per heavy atom. The van der Waals surface area contributed by atoms with Crippen LogP contribution in [0.4, 0.5) is 4.79 Å². The molecular formula is C10H18N2O2. The molecule has 0 bridgehead atoms. The van der Waals surface area contributed by atoms with Crippen LogP contribution in [-0.4, -0.2) is 43.3 Å². The molecule has 0 spiro atoms. The first-order valence-corrected chi connectivity index (χ1v) is 5.23. The summed E-state index contributed by atoms with van der Waals surface area (Å²) in [5.41, 5.74) is -0.271. The van der Waals surface area contributed by atoms with Crippen LogP contribution >= 0.6 is 0 Å². The van der Waals surface area contributed by atoms with E-state index in [2.05, 4.69) is 17.3 Å². The van der Waals surface area contributed by atoms with E-state index in [1.165, 1.54) is 13.0 Å². The van der Waals surface area contributed by atoms with E-state index < -0.39 is 0 Å². The van der Waals surface area contributed by atoms with E-state index in [4.69, 9.17) is 4.74 Å². The van der Waals surface area contributed by atoms with Crippen molar-refractivity contribution in [3.05, 3.63) is 0 Å². The van der Waals surface area contributed by atoms with Gasteiger partial charge in [-0.3, -0.25) is 0 Å². The molecule has 1 N–H and O–H groups in total. The molecular weight excluding hydrogens is 180 g/mol. The minimum atomic E-state index is -0.271. The summed E-state index contributed by atoms with van der Waals surface area (Å²) in [6.45, 7) is 4.98. The fraction of sp³-hybridized carbons (Fsp3) is 0.900. The molecule has 2 atom stereocenters. The first-order valence-electron chi connectivity index (χ1n) is 5.23. The first-order chi connectivity index (χ1) is 6.57. The number of alkyl carbamates (subject to hydrolysis) is 1. The van der Waals surface area contributed by atoms with E-state index in [-0.39, 0.29) is 11.7 Å². The van der Waals surface area contributed by atoms with Crippen molar-refractivity contribution < 1.29 is 9.53 Å². The normalized spacial score (nSPS) is 38.4. The Balaban J connectivity index is 1.87. The average Bonchev–Trinajstić information content (AvgIpc) is 2.60. The van der Waals surface area contributed by atoms with E-state index in [1.54, 1.807) is 0 Å². The van der Waals surface area contributed by atoms with Crippen molar-refractivity contribution >= 4 is 6.09 Å². The Labute approximate surface area is 84.6 Å². The second kappa shape index (κ2) is 3.42. The molecule has 1 amide bonds. The molecule has 0 aromatic heterocycles. The van der Waals surface area contributed by atoms with E-state index in [1.807, 2.05) is 6.92 Å². The highest BCUT2D eigenvalue weighted by atomic mass is 16.6. The number of likely N-dealkylation sites (tertiary alicyclic amines) is 1. The molecule has 0 radical (unpaired) electrons. The van der Waals surface area contributed by atoms with Gasteiger partial charge in [-0.15, -0.1) is 0 Å². The third kappa shape index (κ3) is 2.00. The van der Waals surface area contributed by atoms with Crippen LogP contribution in [0.2, 0.25) is 0 Å². The van der Waals surface area contributed by atoms with Gasteiger partial charge in [0, 0.05) is 6.54 Å². The van der Waals surface area contributed by atoms with Gasteiger partial charge in [-0.1, -0.05) is 0 Å². The van der Waals surface area contributed by atoms with Gasteiger partial charge in [0.25, 0.3) is 0 Å². The maximum absolute atomic E-state index is 11.0. The molecule has 0 aromatic carbocycles. The summed E-state index contributed by atoms with van der Waals surface area (Å²) in [5.74, 6) is 0.678. The highest BCUT2D eigenvalue weighted by Crippen LogP contribution is 2.29. The molecule has 0 aromatic rings. The summed E-state index contributed by atoms with van der Waals surface area (Å²) in [5, 5.41) is 2.72. The zero-order valence-electron chi connectivity index (χ0n) is 8.88. The summed E-state index contributed by atoms with van der Waals surface area (Å²) in [6, 6.07) is 0. The number of carbonyl (C=O) groups excluding carboxylic acids is 1. The number of nitrogens with zero attached hydrogens (tertiary/aromatic N) is 1. The summed E-state index contributed by atoms with van der Waals surface area (Å²) in [7, 11) is 2.14. The number of nitrogens with one attached hydrogen (secondary N) is 1. The van der Waals surface area contributed by atoms with Crippen molar-refractivity contribution in [2.75, 3.05) is 26.7 Å². The highest BCUT2D eigenvalue weighted by Gasteiger charge is 2.38. The minimum Gasteiger partial charge on any atom is -0.441 e. The number of hydrogen-bond donors (Lipinski definition) is 1. The second-order valence-corrected chi connectivity index (χ2v) is 4.81. The Morgan fingerprint density at radius 2 is 2.50 bits per heavy atom. The Kier molecular flexibility index (Phi) is 2.39. The monoisotopic (exact) mass is 198 g/mol. The van der Waals surface area contributed by atoms with Gasteiger partial charge in [0.15, 0.2) is 0 Å². The molecule has 2 rings (SSSR count). The lowest BCUT2D eigenvalue weighted by atomic mass is 9.91. The van der Waals surface area contributed by atoms with Crippen molar-refractivity contribution in [2.45, 2.75) is 25.4 Å². The predicted octanol–water partition coefficient (Wildman–Crippen LogP) is 0.827. The van der Waals surface area contributed by atoms with Gasteiger partial charge >= 0.3 is 6.09 Å². The lowest BCUT2D eigenvalue weighted by Crippen LogP contribution is -2.32. The quantitative estimate of drug-likeness (QED) is 0.714. The number of cyclic esters (lactones) is 1. The van der Waals surface area contributed by atoms with Crippen molar-refractivity contribution in [3.8, 4) is 0 Å². The molecule has 2 fully saturated rings. The molecule has 0 saturated carbocycles. The molecule has 2 heterocycles. The third-order valence-electron chi connectivity index (χ3n) is 3.16. The number of carbonyl (C=O) groups is 1. The van der Waals surface area contributed by atoms with Crippen molar-refractivity contribution in [3.63, 3.8) is 0 Å². The van der Waals surface area contributed by atoms with Crippen LogP contribution in [0.1, 0.15) is 19.8 Å². The molecule has 14 heavy (non-hydrogen) atoms. The lowest BCUT2D eigenvalue weighted by molar-refractivity contribution is 0.0521. The molecule has 2 unspecified atom stereocenters. The van der Waals surface area contributed by atoms with E-state index in [0.717, 1.165) is 13.0 Å². The van der Waals surface area contributed by atoms with Crippen LogP contribution in [-0.2, 0) is 4.74 Å². The van der Waals surface area contributed by atoms with Gasteiger partial charge in [-0.2, -0.15) is 0 Å². The number of hydrogen-bond acceptors (Lipinski definition) is 3. The van der Waals surface area contributed by atoms with Crippen LogP contribution in [0.15, 0.2) is 0 Å². The van der Waals surface area contributed by atoms with Crippen LogP contribution in [0.5, 0.6) is 0 Å². The predicted molar refractivity (Wildman–Crippen MR) is 53.1 cm³/mol. The van der Waals surface area contributed by atoms with Crippen molar-refractivity contribution in [1.82, 2.24) is 10.2 Å². The van der Waals surface area contributed by atoms with Crippen molar-refractivity contribution in [2.24, 2.45) is 5.92 Å². The van der Waals surface area contributed by atoms with Crippen LogP contribution < -0.4 is 5.32 Å². The van der Waals surface area contributed by atoms with Crippen LogP contribution in [0, 0.1) is 5.92 Å². The van der Waals surface area contributed by atoms with E-state index >= 15 is 0 Å². The Bertz CT molecular complexity index is 244. The minimum absolute atomic E-state index is 0.265. The standard InChI is InChI=1S/C10H18N2O2/c1-10(7-11-9(13)14-10)5-8-3-4-12(2)6-8/h8H,3-7H2,1-2H3,(H,11,13). The molecule has 4 heteroatoms. The molecule has 2 aliphatic rings. The maximum Gasteiger partial charge on any atom is 0.407 e. The fourth-order valence-corrected chi connectivity index (χ4v) is 2.47. The average molecular weight is 198 g/mol. The second-order valence-electron chi connectivity index (χ2n) is 4.81. The zero-order valence-corrected chi connectivity index (χ0v) is 8.88. The van der Waals surface area contributed by atoms with Gasteiger partial charge in [0.2, 0.25) is 0 Å². The van der Waals surface area contributed by atoms with Gasteiger partial charge in [-0.05, 0) is 39.3 Å². The number of ether oxygens (including phenoxy) is 1. The van der Waals surface area contributed by atoms with Crippen LogP contribution in [0.25, 0.3) is 0 Å². The van der Waals surface area contributed by atoms with Gasteiger partial charge in [0.05, 0.1) is 6.54 Å². The van der Waals surface area contributed by atoms with E-state index in [9.17, 15) is 4.79 Å². The Hall–Kier alpha value is -0.770. The van der Waals surface area contributed by atoms with Gasteiger partial charge in [-0.25, -0.2) is 4.79 Å². The van der Waals surface area contributed by atoms with E-state index in [0.29, 0.717) is 12.5 Å². The highest BCUT2D eigenvalue weighted by molar-refractivity contribution is 5.70. The summed E-state index contributed by atoms with van der Waals surface area (Å²) in [6.07, 6.45) is 1.94. The zero-order chi connectivity index (χ0) is 10.2. The summed E-state index contributed by atoms with van der Waals surface area (Å²) >= 11 is 0. The fourth-order valence-electron chi connectivity index (χ4n) is 2.47. The smallest absolute Gasteiger partial charge is 0.407 e. The van der Waals surface area contributed by atoms with Crippen LogP contribution in [0.3, 0.4) is 0 Å². The first kappa shape index (κ1) is 9.77. The molecule has 80 valence electrons. The number of rotatable bonds is 2. The van der Waals surface area contributed by atoms with Gasteiger partial charge < -0.3 is 15.0 Å². The lowest BCUT2D eigenvalue weighted by Gasteiger charge is -2.24. The largest absolute Gasteiger partial charge is 0.441 e. The molecule has 0 aliphatic carbocycles. The van der Waals surface area contributed by atoms with Gasteiger partial charge in [0.1, 0.15) is 5.60 Å².